The van der Waals surface area contributed by atoms with Gasteiger partial charge < -0.3 is 11.1 Å². The van der Waals surface area contributed by atoms with Crippen molar-refractivity contribution in [3.05, 3.63) is 71.8 Å². The third-order valence-electron chi connectivity index (χ3n) is 3.84. The van der Waals surface area contributed by atoms with E-state index in [1.807, 2.05) is 74.5 Å². The van der Waals surface area contributed by atoms with Crippen molar-refractivity contribution >= 4 is 11.9 Å². The zero-order valence-corrected chi connectivity index (χ0v) is 15.3. The molecule has 5 nitrogen and oxygen atoms in total. The van der Waals surface area contributed by atoms with Gasteiger partial charge in [0.2, 0.25) is 0 Å². The van der Waals surface area contributed by atoms with E-state index >= 15 is 0 Å². The first-order valence-corrected chi connectivity index (χ1v) is 8.53. The molecule has 0 aliphatic carbocycles. The molecule has 0 saturated carbocycles. The molecule has 0 atom stereocenters. The Morgan fingerprint density at radius 1 is 0.880 bits per heavy atom. The van der Waals surface area contributed by atoms with Crippen LogP contribution in [-0.4, -0.2) is 30.4 Å². The molecule has 0 bridgehead atoms. The fourth-order valence-corrected chi connectivity index (χ4v) is 2.80. The van der Waals surface area contributed by atoms with Crippen LogP contribution in [0.5, 0.6) is 0 Å². The van der Waals surface area contributed by atoms with Gasteiger partial charge in [-0.3, -0.25) is 9.69 Å². The van der Waals surface area contributed by atoms with Crippen LogP contribution in [-0.2, 0) is 10.3 Å². The van der Waals surface area contributed by atoms with E-state index in [1.54, 1.807) is 6.92 Å². The van der Waals surface area contributed by atoms with E-state index in [-0.39, 0.29) is 11.9 Å². The molecule has 3 rings (SSSR count). The number of carbonyl (C=O) groups is 2. The van der Waals surface area contributed by atoms with Gasteiger partial charge in [-0.25, -0.2) is 4.79 Å². The van der Waals surface area contributed by atoms with Gasteiger partial charge in [-0.2, -0.15) is 0 Å². The van der Waals surface area contributed by atoms with Gasteiger partial charge in [-0.1, -0.05) is 74.5 Å². The molecule has 3 amide bonds. The van der Waals surface area contributed by atoms with Crippen LogP contribution in [0.1, 0.15) is 31.9 Å². The Morgan fingerprint density at radius 3 is 1.60 bits per heavy atom. The number of likely N-dealkylation sites (N-methyl/N-ethyl adjacent to an activating group) is 1. The Labute approximate surface area is 149 Å². The molecular formula is C20H27N3O2. The molecule has 1 heterocycles. The van der Waals surface area contributed by atoms with Gasteiger partial charge in [0.05, 0.1) is 0 Å². The van der Waals surface area contributed by atoms with E-state index in [1.165, 1.54) is 11.9 Å². The topological polar surface area (TPSA) is 75.4 Å². The second-order valence-electron chi connectivity index (χ2n) is 4.96. The molecule has 0 aromatic heterocycles. The van der Waals surface area contributed by atoms with Crippen LogP contribution in [0.4, 0.5) is 4.79 Å². The van der Waals surface area contributed by atoms with E-state index < -0.39 is 5.54 Å². The van der Waals surface area contributed by atoms with Gasteiger partial charge in [0, 0.05) is 6.54 Å². The molecule has 1 aliphatic heterocycles. The lowest BCUT2D eigenvalue weighted by Crippen LogP contribution is -2.45. The molecule has 25 heavy (non-hydrogen) atoms. The van der Waals surface area contributed by atoms with Crippen LogP contribution < -0.4 is 11.1 Å². The van der Waals surface area contributed by atoms with Gasteiger partial charge in [0.25, 0.3) is 5.91 Å². The largest absolute Gasteiger partial charge is 0.333 e. The number of amides is 3. The molecule has 0 radical (unpaired) electrons. The normalized spacial score (nSPS) is 14.7. The molecular weight excluding hydrogens is 314 g/mol. The van der Waals surface area contributed by atoms with E-state index in [4.69, 9.17) is 0 Å². The number of hydrogen-bond acceptors (Lipinski definition) is 3. The molecule has 1 aliphatic rings. The number of hydrogen-bond donors (Lipinski definition) is 2. The van der Waals surface area contributed by atoms with E-state index in [2.05, 4.69) is 11.1 Å². The quantitative estimate of drug-likeness (QED) is 0.842. The van der Waals surface area contributed by atoms with Crippen LogP contribution in [0, 0.1) is 0 Å². The summed E-state index contributed by atoms with van der Waals surface area (Å²) >= 11 is 0. The molecule has 2 aromatic carbocycles. The maximum atomic E-state index is 12.9. The van der Waals surface area contributed by atoms with Gasteiger partial charge in [-0.15, -0.1) is 0 Å². The van der Waals surface area contributed by atoms with Crippen molar-refractivity contribution < 1.29 is 9.59 Å². The number of nitrogens with two attached hydrogens (primary N) is 1. The SMILES string of the molecule is CC.CCN1C(=O)NC(c2ccccc2)(c2ccccc2)C1=O.CN. The second kappa shape index (κ2) is 9.59. The fraction of sp³-hybridized carbons (Fsp3) is 0.300. The molecule has 134 valence electrons. The standard InChI is InChI=1S/C17H16N2O2.C2H6.CH5N/c1-2-19-15(20)17(18-16(19)21,13-9-5-3-6-10-13)14-11-7-4-8-12-14;2*1-2/h3-12H,2H2,1H3,(H,18,21);1-2H3;2H2,1H3. The lowest BCUT2D eigenvalue weighted by atomic mass is 9.83. The molecule has 0 unspecified atom stereocenters. The Hall–Kier alpha value is -2.66. The number of nitrogens with zero attached hydrogens (tertiary/aromatic N) is 1. The Kier molecular flexibility index (Phi) is 7.82. The average molecular weight is 341 g/mol. The molecule has 2 aromatic rings. The summed E-state index contributed by atoms with van der Waals surface area (Å²) in [6.07, 6.45) is 0. The van der Waals surface area contributed by atoms with Crippen molar-refractivity contribution in [2.45, 2.75) is 26.3 Å². The second-order valence-corrected chi connectivity index (χ2v) is 4.96. The summed E-state index contributed by atoms with van der Waals surface area (Å²) in [6, 6.07) is 18.4. The molecule has 3 N–H and O–H groups in total. The van der Waals surface area contributed by atoms with E-state index in [0.717, 1.165) is 11.1 Å². The van der Waals surface area contributed by atoms with Crippen molar-refractivity contribution in [1.29, 1.82) is 0 Å². The van der Waals surface area contributed by atoms with Crippen LogP contribution in [0.3, 0.4) is 0 Å². The van der Waals surface area contributed by atoms with Crippen molar-refractivity contribution in [2.24, 2.45) is 5.73 Å². The lowest BCUT2D eigenvalue weighted by Gasteiger charge is -2.27. The van der Waals surface area contributed by atoms with Crippen molar-refractivity contribution in [2.75, 3.05) is 13.6 Å². The summed E-state index contributed by atoms with van der Waals surface area (Å²) in [4.78, 5) is 26.3. The predicted molar refractivity (Wildman–Crippen MR) is 101 cm³/mol. The fourth-order valence-electron chi connectivity index (χ4n) is 2.80. The van der Waals surface area contributed by atoms with Crippen molar-refractivity contribution in [3.8, 4) is 0 Å². The van der Waals surface area contributed by atoms with E-state index in [0.29, 0.717) is 6.54 Å². The Morgan fingerprint density at radius 2 is 1.28 bits per heavy atom. The number of urea groups is 1. The third kappa shape index (κ3) is 3.72. The minimum atomic E-state index is -1.13. The van der Waals surface area contributed by atoms with Gasteiger partial charge in [-0.05, 0) is 25.1 Å². The monoisotopic (exact) mass is 341 g/mol. The number of benzene rings is 2. The molecule has 0 spiro atoms. The van der Waals surface area contributed by atoms with E-state index in [9.17, 15) is 9.59 Å². The summed E-state index contributed by atoms with van der Waals surface area (Å²) in [5.74, 6) is -0.229. The number of nitrogens with one attached hydrogen (secondary N) is 1. The van der Waals surface area contributed by atoms with Crippen LogP contribution in [0.2, 0.25) is 0 Å². The van der Waals surface area contributed by atoms with Crippen LogP contribution in [0.25, 0.3) is 0 Å². The Bertz CT molecular complexity index is 632. The zero-order valence-electron chi connectivity index (χ0n) is 15.3. The highest BCUT2D eigenvalue weighted by Crippen LogP contribution is 2.35. The summed E-state index contributed by atoms with van der Waals surface area (Å²) in [5.41, 5.74) is 4.91. The highest BCUT2D eigenvalue weighted by atomic mass is 16.2. The summed E-state index contributed by atoms with van der Waals surface area (Å²) in [6.45, 7) is 6.15. The van der Waals surface area contributed by atoms with Crippen molar-refractivity contribution in [3.63, 3.8) is 0 Å². The number of rotatable bonds is 3. The first-order valence-electron chi connectivity index (χ1n) is 8.53. The number of carbonyl (C=O) groups excluding carboxylic acids is 2. The molecule has 1 fully saturated rings. The predicted octanol–water partition coefficient (Wildman–Crippen LogP) is 3.10. The first kappa shape index (κ1) is 20.4. The Balaban J connectivity index is 0.000000730. The van der Waals surface area contributed by atoms with Gasteiger partial charge in [0.1, 0.15) is 0 Å². The molecule has 1 saturated heterocycles. The average Bonchev–Trinajstić information content (AvgIpc) is 2.97. The van der Waals surface area contributed by atoms with Gasteiger partial charge >= 0.3 is 6.03 Å². The van der Waals surface area contributed by atoms with Crippen LogP contribution in [0.15, 0.2) is 60.7 Å². The zero-order chi connectivity index (χ0) is 18.9. The summed E-state index contributed by atoms with van der Waals surface area (Å²) in [7, 11) is 1.50. The lowest BCUT2D eigenvalue weighted by molar-refractivity contribution is -0.130. The summed E-state index contributed by atoms with van der Waals surface area (Å²) in [5, 5.41) is 2.89. The minimum absolute atomic E-state index is 0.229. The van der Waals surface area contributed by atoms with Crippen LogP contribution >= 0.6 is 0 Å². The maximum absolute atomic E-state index is 12.9. The first-order chi connectivity index (χ1) is 12.2. The van der Waals surface area contributed by atoms with Gasteiger partial charge in [0.15, 0.2) is 5.54 Å². The maximum Gasteiger partial charge on any atom is 0.325 e. The molecule has 5 heteroatoms. The summed E-state index contributed by atoms with van der Waals surface area (Å²) < 4.78 is 0. The van der Waals surface area contributed by atoms with Crippen molar-refractivity contribution in [1.82, 2.24) is 10.2 Å². The smallest absolute Gasteiger partial charge is 0.325 e. The highest BCUT2D eigenvalue weighted by molar-refractivity contribution is 6.09. The number of imide groups is 1. The minimum Gasteiger partial charge on any atom is -0.333 e. The third-order valence-corrected chi connectivity index (χ3v) is 3.84. The highest BCUT2D eigenvalue weighted by Gasteiger charge is 2.52.